The van der Waals surface area contributed by atoms with Crippen molar-refractivity contribution in [2.24, 2.45) is 0 Å². The van der Waals surface area contributed by atoms with E-state index in [0.29, 0.717) is 45.7 Å². The Kier molecular flexibility index (Phi) is 7.49. The van der Waals surface area contributed by atoms with E-state index in [1.165, 1.54) is 13.2 Å². The zero-order valence-corrected chi connectivity index (χ0v) is 22.5. The molecule has 1 aliphatic rings. The number of rotatable bonds is 7. The Morgan fingerprint density at radius 2 is 1.90 bits per heavy atom. The number of hydrogen-bond donors (Lipinski definition) is 2. The Morgan fingerprint density at radius 1 is 1.07 bits per heavy atom. The van der Waals surface area contributed by atoms with Crippen LogP contribution in [-0.4, -0.2) is 27.7 Å². The minimum Gasteiger partial charge on any atom is -0.494 e. The molecule has 7 nitrogen and oxygen atoms in total. The Labute approximate surface area is 234 Å². The number of methoxy groups -OCH3 is 1. The van der Waals surface area contributed by atoms with Gasteiger partial charge in [-0.15, -0.1) is 0 Å². The smallest absolute Gasteiger partial charge is 0.416 e. The summed E-state index contributed by atoms with van der Waals surface area (Å²) < 4.78 is 47.9. The van der Waals surface area contributed by atoms with E-state index in [0.717, 1.165) is 12.1 Å². The molecule has 2 aromatic carbocycles. The lowest BCUT2D eigenvalue weighted by Gasteiger charge is -2.29. The fourth-order valence-electron chi connectivity index (χ4n) is 4.81. The molecule has 0 unspecified atom stereocenters. The first kappa shape index (κ1) is 27.2. The average molecular weight is 566 g/mol. The van der Waals surface area contributed by atoms with Crippen LogP contribution in [0.3, 0.4) is 0 Å². The zero-order valence-electron chi connectivity index (χ0n) is 21.6. The van der Waals surface area contributed by atoms with Crippen molar-refractivity contribution in [3.05, 3.63) is 102 Å². The van der Waals surface area contributed by atoms with Gasteiger partial charge in [0.1, 0.15) is 11.8 Å². The number of aromatic nitrogens is 2. The second kappa shape index (κ2) is 11.0. The number of alkyl halides is 3. The molecular formula is C29H26F3N5O2S. The number of benzene rings is 2. The molecule has 40 heavy (non-hydrogen) atoms. The first-order valence-electron chi connectivity index (χ1n) is 12.5. The number of anilines is 2. The molecule has 1 amide bonds. The normalized spacial score (nSPS) is 17.0. The molecule has 1 aliphatic heterocycles. The molecule has 206 valence electrons. The zero-order chi connectivity index (χ0) is 28.4. The summed E-state index contributed by atoms with van der Waals surface area (Å²) in [4.78, 5) is 18.5. The quantitative estimate of drug-likeness (QED) is 0.252. The largest absolute Gasteiger partial charge is 0.494 e. The number of halogens is 3. The number of carbonyl (C=O) groups excluding carboxylic acids is 1. The average Bonchev–Trinajstić information content (AvgIpc) is 3.57. The van der Waals surface area contributed by atoms with Crippen molar-refractivity contribution in [2.75, 3.05) is 17.3 Å². The number of amides is 1. The minimum absolute atomic E-state index is 0.156. The van der Waals surface area contributed by atoms with E-state index in [1.54, 1.807) is 48.1 Å². The third-order valence-corrected chi connectivity index (χ3v) is 7.01. The highest BCUT2D eigenvalue weighted by molar-refractivity contribution is 7.80. The third-order valence-electron chi connectivity index (χ3n) is 6.69. The van der Waals surface area contributed by atoms with Gasteiger partial charge in [-0.25, -0.2) is 0 Å². The molecule has 1 fully saturated rings. The molecule has 3 heterocycles. The van der Waals surface area contributed by atoms with Gasteiger partial charge in [0.05, 0.1) is 30.1 Å². The molecule has 2 aromatic heterocycles. The summed E-state index contributed by atoms with van der Waals surface area (Å²) in [6, 6.07) is 18.8. The van der Waals surface area contributed by atoms with E-state index in [2.05, 4.69) is 15.6 Å². The van der Waals surface area contributed by atoms with E-state index >= 15 is 0 Å². The van der Waals surface area contributed by atoms with E-state index in [9.17, 15) is 18.0 Å². The molecule has 0 spiro atoms. The highest BCUT2D eigenvalue weighted by Gasteiger charge is 2.42. The molecule has 11 heteroatoms. The van der Waals surface area contributed by atoms with Gasteiger partial charge in [-0.1, -0.05) is 19.1 Å². The predicted molar refractivity (Wildman–Crippen MR) is 151 cm³/mol. The third kappa shape index (κ3) is 5.24. The maximum absolute atomic E-state index is 13.5. The highest BCUT2D eigenvalue weighted by atomic mass is 32.1. The number of hydrogen-bond acceptors (Lipinski definition) is 4. The van der Waals surface area contributed by atoms with Gasteiger partial charge < -0.3 is 24.8 Å². The fourth-order valence-corrected chi connectivity index (χ4v) is 5.15. The van der Waals surface area contributed by atoms with E-state index in [-0.39, 0.29) is 5.91 Å². The molecule has 1 saturated heterocycles. The summed E-state index contributed by atoms with van der Waals surface area (Å²) in [5.41, 5.74) is 2.22. The van der Waals surface area contributed by atoms with Crippen molar-refractivity contribution in [1.29, 1.82) is 0 Å². The first-order valence-corrected chi connectivity index (χ1v) is 13.0. The van der Waals surface area contributed by atoms with Crippen LogP contribution < -0.4 is 20.3 Å². The SMILES string of the molecule is CCC(=O)Nc1ccc(N2C(=S)N[C@H](c3ccccn3)[C@@H]2c2cccn2-c2cccc(C(F)(F)F)c2)cc1OC. The summed E-state index contributed by atoms with van der Waals surface area (Å²) in [7, 11) is 1.51. The molecule has 0 aliphatic carbocycles. The Bertz CT molecular complexity index is 1540. The van der Waals surface area contributed by atoms with Gasteiger partial charge in [-0.2, -0.15) is 13.2 Å². The van der Waals surface area contributed by atoms with Crippen molar-refractivity contribution in [1.82, 2.24) is 14.9 Å². The minimum atomic E-state index is -4.48. The van der Waals surface area contributed by atoms with Gasteiger partial charge in [-0.3, -0.25) is 9.78 Å². The van der Waals surface area contributed by atoms with Gasteiger partial charge in [-0.05, 0) is 66.8 Å². The lowest BCUT2D eigenvalue weighted by Crippen LogP contribution is -2.30. The lowest BCUT2D eigenvalue weighted by molar-refractivity contribution is -0.137. The van der Waals surface area contributed by atoms with Crippen LogP contribution in [0.2, 0.25) is 0 Å². The summed E-state index contributed by atoms with van der Waals surface area (Å²) in [5, 5.41) is 6.59. The van der Waals surface area contributed by atoms with Crippen molar-refractivity contribution in [3.8, 4) is 11.4 Å². The van der Waals surface area contributed by atoms with Gasteiger partial charge in [0.25, 0.3) is 0 Å². The van der Waals surface area contributed by atoms with Crippen LogP contribution in [0.1, 0.15) is 42.4 Å². The second-order valence-corrected chi connectivity index (χ2v) is 9.52. The number of carbonyl (C=O) groups is 1. The van der Waals surface area contributed by atoms with Crippen LogP contribution in [0, 0.1) is 0 Å². The maximum Gasteiger partial charge on any atom is 0.416 e. The monoisotopic (exact) mass is 565 g/mol. The number of pyridine rings is 1. The molecule has 0 bridgehead atoms. The van der Waals surface area contributed by atoms with Gasteiger partial charge >= 0.3 is 6.18 Å². The summed E-state index contributed by atoms with van der Waals surface area (Å²) in [6.45, 7) is 1.76. The molecule has 0 saturated carbocycles. The van der Waals surface area contributed by atoms with Crippen LogP contribution in [0.5, 0.6) is 5.75 Å². The highest BCUT2D eigenvalue weighted by Crippen LogP contribution is 2.44. The van der Waals surface area contributed by atoms with E-state index < -0.39 is 23.8 Å². The van der Waals surface area contributed by atoms with Gasteiger partial charge in [0.15, 0.2) is 5.11 Å². The molecular weight excluding hydrogens is 539 g/mol. The van der Waals surface area contributed by atoms with Crippen LogP contribution in [0.4, 0.5) is 24.5 Å². The number of ether oxygens (including phenoxy) is 1. The second-order valence-electron chi connectivity index (χ2n) is 9.13. The Balaban J connectivity index is 1.63. The standard InChI is InChI=1S/C29H26F3N5O2S/c1-3-25(38)34-21-13-12-20(17-24(21)39-2)37-27(26(35-28(37)40)22-10-4-5-14-33-22)23-11-7-15-36(23)19-9-6-8-18(16-19)29(30,31)32/h4-17,26-27H,3H2,1-2H3,(H,34,38)(H,35,40)/t26-,27+/m1/s1. The first-order chi connectivity index (χ1) is 19.2. The summed E-state index contributed by atoms with van der Waals surface area (Å²) in [6.07, 6.45) is -0.761. The van der Waals surface area contributed by atoms with Crippen LogP contribution >= 0.6 is 12.2 Å². The van der Waals surface area contributed by atoms with Crippen molar-refractivity contribution in [2.45, 2.75) is 31.6 Å². The topological polar surface area (TPSA) is 71.4 Å². The molecule has 2 N–H and O–H groups in total. The fraction of sp³-hybridized carbons (Fsp3) is 0.207. The number of nitrogens with zero attached hydrogens (tertiary/aromatic N) is 3. The van der Waals surface area contributed by atoms with E-state index in [4.69, 9.17) is 17.0 Å². The molecule has 0 radical (unpaired) electrons. The van der Waals surface area contributed by atoms with Gasteiger partial charge in [0.2, 0.25) is 5.91 Å². The number of nitrogens with one attached hydrogen (secondary N) is 2. The molecule has 5 rings (SSSR count). The Morgan fingerprint density at radius 3 is 2.60 bits per heavy atom. The van der Waals surface area contributed by atoms with Crippen molar-refractivity contribution < 1.29 is 22.7 Å². The van der Waals surface area contributed by atoms with Crippen LogP contribution in [-0.2, 0) is 11.0 Å². The Hall–Kier alpha value is -4.38. The predicted octanol–water partition coefficient (Wildman–Crippen LogP) is 6.43. The van der Waals surface area contributed by atoms with Gasteiger partial charge in [0, 0.05) is 41.9 Å². The van der Waals surface area contributed by atoms with Crippen molar-refractivity contribution in [3.63, 3.8) is 0 Å². The van der Waals surface area contributed by atoms with E-state index in [1.807, 2.05) is 35.2 Å². The van der Waals surface area contributed by atoms with Crippen LogP contribution in [0.15, 0.2) is 85.2 Å². The summed E-state index contributed by atoms with van der Waals surface area (Å²) >= 11 is 5.80. The molecule has 4 aromatic rings. The maximum atomic E-state index is 13.5. The lowest BCUT2D eigenvalue weighted by atomic mass is 10.0. The number of thiocarbonyl (C=S) groups is 1. The van der Waals surface area contributed by atoms with Crippen LogP contribution in [0.25, 0.3) is 5.69 Å². The van der Waals surface area contributed by atoms with Crippen molar-refractivity contribution >= 4 is 34.6 Å². The molecule has 2 atom stereocenters. The summed E-state index contributed by atoms with van der Waals surface area (Å²) in [5.74, 6) is 0.284.